The molecular weight excluding hydrogens is 382 g/mol. The van der Waals surface area contributed by atoms with Gasteiger partial charge in [-0.25, -0.2) is 4.79 Å². The first kappa shape index (κ1) is 23.2. The molecule has 1 N–H and O–H groups in total. The van der Waals surface area contributed by atoms with Gasteiger partial charge in [-0.2, -0.15) is 0 Å². The first-order valence-corrected chi connectivity index (χ1v) is 13.8. The number of rotatable bonds is 10. The highest BCUT2D eigenvalue weighted by molar-refractivity contribution is 5.67. The minimum atomic E-state index is -0.172. The van der Waals surface area contributed by atoms with Crippen LogP contribution >= 0.6 is 0 Å². The fraction of sp³-hybridized carbons (Fsp3) is 0.893. The van der Waals surface area contributed by atoms with Gasteiger partial charge in [-0.1, -0.05) is 44.6 Å². The second kappa shape index (κ2) is 11.8. The van der Waals surface area contributed by atoms with Crippen LogP contribution in [0.15, 0.2) is 12.7 Å². The Labute approximate surface area is 191 Å². The van der Waals surface area contributed by atoms with Gasteiger partial charge in [-0.3, -0.25) is 0 Å². The molecule has 4 aliphatic rings. The van der Waals surface area contributed by atoms with E-state index in [1.807, 2.05) is 6.08 Å². The number of unbranched alkanes of at least 4 members (excludes halogenated alkanes) is 6. The third-order valence-electron chi connectivity index (χ3n) is 9.48. The average molecular weight is 430 g/mol. The van der Waals surface area contributed by atoms with Crippen molar-refractivity contribution in [3.8, 4) is 0 Å². The number of allylic oxidation sites excluding steroid dienone is 1. The standard InChI is InChI=1S/C28H47NO2/c1-2-3-4-5-6-7-8-9-19-29-28(30)31-23-15-18-25-22(20-23)14-17-26-24-12-10-11-21(24)13-16-27(25)26/h2,21-27H,1,3-20H2,(H,29,30). The Morgan fingerprint density at radius 3 is 2.26 bits per heavy atom. The van der Waals surface area contributed by atoms with Gasteiger partial charge >= 0.3 is 6.09 Å². The van der Waals surface area contributed by atoms with Crippen LogP contribution in [-0.2, 0) is 4.74 Å². The zero-order valence-electron chi connectivity index (χ0n) is 19.9. The Bertz CT molecular complexity index is 575. The monoisotopic (exact) mass is 429 g/mol. The highest BCUT2D eigenvalue weighted by Crippen LogP contribution is 2.57. The van der Waals surface area contributed by atoms with Crippen LogP contribution in [0.3, 0.4) is 0 Å². The van der Waals surface area contributed by atoms with Gasteiger partial charge in [0.15, 0.2) is 0 Å². The summed E-state index contributed by atoms with van der Waals surface area (Å²) >= 11 is 0. The fourth-order valence-electron chi connectivity index (χ4n) is 8.04. The van der Waals surface area contributed by atoms with Crippen LogP contribution in [0.25, 0.3) is 0 Å². The normalized spacial score (nSPS) is 36.7. The molecule has 3 heteroatoms. The zero-order valence-corrected chi connectivity index (χ0v) is 19.9. The minimum Gasteiger partial charge on any atom is -0.446 e. The lowest BCUT2D eigenvalue weighted by atomic mass is 9.53. The van der Waals surface area contributed by atoms with Crippen LogP contribution in [0.4, 0.5) is 4.79 Å². The highest BCUT2D eigenvalue weighted by atomic mass is 16.6. The van der Waals surface area contributed by atoms with Crippen molar-refractivity contribution in [3.05, 3.63) is 12.7 Å². The molecule has 0 spiro atoms. The fourth-order valence-corrected chi connectivity index (χ4v) is 8.04. The molecule has 0 saturated heterocycles. The van der Waals surface area contributed by atoms with Gasteiger partial charge in [-0.15, -0.1) is 6.58 Å². The first-order valence-electron chi connectivity index (χ1n) is 13.8. The molecule has 4 rings (SSSR count). The summed E-state index contributed by atoms with van der Waals surface area (Å²) in [7, 11) is 0. The van der Waals surface area contributed by atoms with Crippen molar-refractivity contribution in [3.63, 3.8) is 0 Å². The Balaban J connectivity index is 1.10. The van der Waals surface area contributed by atoms with Gasteiger partial charge in [-0.05, 0) is 106 Å². The number of hydrogen-bond acceptors (Lipinski definition) is 2. The van der Waals surface area contributed by atoms with E-state index < -0.39 is 0 Å². The van der Waals surface area contributed by atoms with E-state index in [0.29, 0.717) is 0 Å². The third kappa shape index (κ3) is 6.08. The summed E-state index contributed by atoms with van der Waals surface area (Å²) in [5, 5.41) is 3.01. The van der Waals surface area contributed by atoms with Crippen LogP contribution in [-0.4, -0.2) is 18.7 Å². The Morgan fingerprint density at radius 1 is 0.774 bits per heavy atom. The van der Waals surface area contributed by atoms with Crippen LogP contribution in [0.5, 0.6) is 0 Å². The second-order valence-electron chi connectivity index (χ2n) is 11.2. The summed E-state index contributed by atoms with van der Waals surface area (Å²) in [6, 6.07) is 0. The smallest absolute Gasteiger partial charge is 0.407 e. The molecule has 4 aliphatic carbocycles. The van der Waals surface area contributed by atoms with E-state index in [2.05, 4.69) is 11.9 Å². The van der Waals surface area contributed by atoms with Crippen LogP contribution < -0.4 is 5.32 Å². The predicted molar refractivity (Wildman–Crippen MR) is 128 cm³/mol. The number of ether oxygens (including phenoxy) is 1. The number of amides is 1. The predicted octanol–water partition coefficient (Wildman–Crippen LogP) is 7.65. The van der Waals surface area contributed by atoms with E-state index in [0.717, 1.165) is 67.7 Å². The van der Waals surface area contributed by atoms with Crippen molar-refractivity contribution in [2.75, 3.05) is 6.54 Å². The molecule has 0 radical (unpaired) electrons. The molecule has 31 heavy (non-hydrogen) atoms. The highest BCUT2D eigenvalue weighted by Gasteiger charge is 2.49. The topological polar surface area (TPSA) is 38.3 Å². The second-order valence-corrected chi connectivity index (χ2v) is 11.2. The minimum absolute atomic E-state index is 0.158. The lowest BCUT2D eigenvalue weighted by molar-refractivity contribution is -0.0487. The first-order chi connectivity index (χ1) is 15.3. The van der Waals surface area contributed by atoms with Crippen molar-refractivity contribution in [1.82, 2.24) is 5.32 Å². The molecule has 7 atom stereocenters. The Hall–Kier alpha value is -0.990. The van der Waals surface area contributed by atoms with Gasteiger partial charge in [0.25, 0.3) is 0 Å². The molecule has 1 amide bonds. The van der Waals surface area contributed by atoms with Gasteiger partial charge in [0, 0.05) is 6.54 Å². The third-order valence-corrected chi connectivity index (χ3v) is 9.48. The van der Waals surface area contributed by atoms with Gasteiger partial charge in [0.05, 0.1) is 0 Å². The van der Waals surface area contributed by atoms with E-state index in [4.69, 9.17) is 4.74 Å². The van der Waals surface area contributed by atoms with Gasteiger partial charge in [0.2, 0.25) is 0 Å². The van der Waals surface area contributed by atoms with Crippen molar-refractivity contribution in [2.24, 2.45) is 35.5 Å². The number of nitrogens with one attached hydrogen (secondary N) is 1. The van der Waals surface area contributed by atoms with E-state index in [-0.39, 0.29) is 12.2 Å². The summed E-state index contributed by atoms with van der Waals surface area (Å²) in [4.78, 5) is 12.3. The zero-order chi connectivity index (χ0) is 21.5. The number of fused-ring (bicyclic) bond motifs is 5. The SMILES string of the molecule is C=CCCCCCCCCNC(=O)OC1CCC2C(CCC3C4CCCC4CCC23)C1. The molecule has 0 aliphatic heterocycles. The summed E-state index contributed by atoms with van der Waals surface area (Å²) in [5.41, 5.74) is 0. The number of carbonyl (C=O) groups is 1. The van der Waals surface area contributed by atoms with Crippen molar-refractivity contribution < 1.29 is 9.53 Å². The molecule has 7 unspecified atom stereocenters. The largest absolute Gasteiger partial charge is 0.446 e. The molecule has 0 heterocycles. The van der Waals surface area contributed by atoms with Crippen LogP contribution in [0, 0.1) is 35.5 Å². The van der Waals surface area contributed by atoms with Crippen molar-refractivity contribution >= 4 is 6.09 Å². The molecule has 3 nitrogen and oxygen atoms in total. The van der Waals surface area contributed by atoms with E-state index >= 15 is 0 Å². The Morgan fingerprint density at radius 2 is 1.45 bits per heavy atom. The number of carbonyl (C=O) groups excluding carboxylic acids is 1. The maximum absolute atomic E-state index is 12.3. The number of alkyl carbamates (subject to hydrolysis) is 1. The summed E-state index contributed by atoms with van der Waals surface area (Å²) in [6.45, 7) is 4.53. The average Bonchev–Trinajstić information content (AvgIpc) is 3.27. The Kier molecular flexibility index (Phi) is 8.79. The molecule has 4 saturated carbocycles. The van der Waals surface area contributed by atoms with Gasteiger partial charge in [0.1, 0.15) is 6.10 Å². The molecule has 176 valence electrons. The molecular formula is C28H47NO2. The van der Waals surface area contributed by atoms with E-state index in [1.54, 1.807) is 0 Å². The summed E-state index contributed by atoms with van der Waals surface area (Å²) in [5.74, 6) is 5.89. The molecule has 0 bridgehead atoms. The molecule has 0 aromatic heterocycles. The molecule has 0 aromatic carbocycles. The molecule has 0 aromatic rings. The van der Waals surface area contributed by atoms with Crippen molar-refractivity contribution in [2.45, 2.75) is 115 Å². The van der Waals surface area contributed by atoms with E-state index in [9.17, 15) is 4.79 Å². The van der Waals surface area contributed by atoms with Crippen LogP contribution in [0.2, 0.25) is 0 Å². The maximum atomic E-state index is 12.3. The van der Waals surface area contributed by atoms with E-state index in [1.165, 1.54) is 83.5 Å². The summed E-state index contributed by atoms with van der Waals surface area (Å²) in [6.07, 6.45) is 24.4. The van der Waals surface area contributed by atoms with Crippen molar-refractivity contribution in [1.29, 1.82) is 0 Å². The lowest BCUT2D eigenvalue weighted by Crippen LogP contribution is -2.46. The maximum Gasteiger partial charge on any atom is 0.407 e. The molecule has 4 fully saturated rings. The summed E-state index contributed by atoms with van der Waals surface area (Å²) < 4.78 is 5.86. The van der Waals surface area contributed by atoms with Gasteiger partial charge < -0.3 is 10.1 Å². The van der Waals surface area contributed by atoms with Crippen LogP contribution in [0.1, 0.15) is 109 Å². The lowest BCUT2D eigenvalue weighted by Gasteiger charge is -2.52. The number of hydrogen-bond donors (Lipinski definition) is 1. The quantitative estimate of drug-likeness (QED) is 0.286.